The summed E-state index contributed by atoms with van der Waals surface area (Å²) in [7, 11) is 1.29. The zero-order chi connectivity index (χ0) is 15.3. The van der Waals surface area contributed by atoms with E-state index in [1.54, 1.807) is 0 Å². The van der Waals surface area contributed by atoms with E-state index < -0.39 is 30.9 Å². The van der Waals surface area contributed by atoms with Crippen LogP contribution in [0.25, 0.3) is 0 Å². The minimum absolute atomic E-state index is 0.0135. The van der Waals surface area contributed by atoms with Gasteiger partial charge in [-0.3, -0.25) is 4.79 Å². The van der Waals surface area contributed by atoms with Gasteiger partial charge in [-0.25, -0.2) is 4.79 Å². The van der Waals surface area contributed by atoms with Crippen LogP contribution in [0.3, 0.4) is 0 Å². The molecule has 0 aliphatic rings. The first-order valence-corrected chi connectivity index (χ1v) is 5.51. The number of carboxylic acid groups (broad SMARTS) is 1. The average molecular weight is 291 g/mol. The van der Waals surface area contributed by atoms with Crippen molar-refractivity contribution in [1.82, 2.24) is 0 Å². The Morgan fingerprint density at radius 3 is 2.50 bits per heavy atom. The molecule has 0 atom stereocenters. The fraction of sp³-hybridized carbons (Fsp3) is 0.333. The molecule has 1 amide bonds. The molecule has 0 aromatic heterocycles. The number of hydrogen-bond acceptors (Lipinski definition) is 3. The molecular formula is C12H12F3NO4. The summed E-state index contributed by atoms with van der Waals surface area (Å²) in [6.45, 7) is 0. The van der Waals surface area contributed by atoms with Gasteiger partial charge >= 0.3 is 12.1 Å². The number of amides is 1. The van der Waals surface area contributed by atoms with Crippen LogP contribution in [0.15, 0.2) is 18.2 Å². The van der Waals surface area contributed by atoms with Crippen molar-refractivity contribution in [2.45, 2.75) is 19.0 Å². The van der Waals surface area contributed by atoms with Gasteiger partial charge in [0, 0.05) is 6.42 Å². The Kier molecular flexibility index (Phi) is 4.95. The first-order valence-electron chi connectivity index (χ1n) is 5.51. The number of rotatable bonds is 5. The Hall–Kier alpha value is -2.25. The number of aromatic carboxylic acids is 1. The topological polar surface area (TPSA) is 75.6 Å². The molecule has 0 bridgehead atoms. The Morgan fingerprint density at radius 1 is 1.35 bits per heavy atom. The number of carboxylic acids is 1. The number of hydrogen-bond donors (Lipinski definition) is 2. The molecule has 5 nitrogen and oxygen atoms in total. The van der Waals surface area contributed by atoms with Gasteiger partial charge in [-0.1, -0.05) is 0 Å². The number of carbonyl (C=O) groups is 2. The number of anilines is 1. The summed E-state index contributed by atoms with van der Waals surface area (Å²) in [5, 5.41) is 11.0. The van der Waals surface area contributed by atoms with Gasteiger partial charge in [0.2, 0.25) is 5.91 Å². The second kappa shape index (κ2) is 6.27. The maximum atomic E-state index is 12.0. The molecule has 0 aliphatic carbocycles. The Morgan fingerprint density at radius 2 is 2.00 bits per heavy atom. The van der Waals surface area contributed by atoms with E-state index in [4.69, 9.17) is 9.84 Å². The van der Waals surface area contributed by atoms with Crippen molar-refractivity contribution in [3.8, 4) is 5.75 Å². The summed E-state index contributed by atoms with van der Waals surface area (Å²) in [6, 6.07) is 3.68. The molecule has 0 spiro atoms. The van der Waals surface area contributed by atoms with E-state index in [1.165, 1.54) is 19.2 Å². The fourth-order valence-electron chi connectivity index (χ4n) is 1.41. The summed E-state index contributed by atoms with van der Waals surface area (Å²) < 4.78 is 40.9. The first kappa shape index (κ1) is 15.8. The molecule has 1 aromatic rings. The first-order chi connectivity index (χ1) is 9.23. The highest BCUT2D eigenvalue weighted by atomic mass is 19.4. The van der Waals surface area contributed by atoms with Gasteiger partial charge in [0.25, 0.3) is 0 Å². The quantitative estimate of drug-likeness (QED) is 0.874. The molecule has 0 unspecified atom stereocenters. The van der Waals surface area contributed by atoms with E-state index in [1.807, 2.05) is 0 Å². The third-order valence-electron chi connectivity index (χ3n) is 2.36. The monoisotopic (exact) mass is 291 g/mol. The lowest BCUT2D eigenvalue weighted by molar-refractivity contribution is -0.142. The van der Waals surface area contributed by atoms with Gasteiger partial charge in [0.05, 0.1) is 24.8 Å². The number of halogens is 3. The van der Waals surface area contributed by atoms with Gasteiger partial charge in [-0.05, 0) is 18.2 Å². The van der Waals surface area contributed by atoms with Gasteiger partial charge in [0.1, 0.15) is 5.75 Å². The molecule has 0 radical (unpaired) electrons. The van der Waals surface area contributed by atoms with Gasteiger partial charge in [0.15, 0.2) is 0 Å². The molecule has 8 heteroatoms. The van der Waals surface area contributed by atoms with E-state index in [0.717, 1.165) is 6.07 Å². The average Bonchev–Trinajstić information content (AvgIpc) is 2.35. The number of ether oxygens (including phenoxy) is 1. The minimum atomic E-state index is -4.43. The normalized spacial score (nSPS) is 11.0. The predicted molar refractivity (Wildman–Crippen MR) is 63.9 cm³/mol. The fourth-order valence-corrected chi connectivity index (χ4v) is 1.41. The van der Waals surface area contributed by atoms with E-state index in [9.17, 15) is 22.8 Å². The van der Waals surface area contributed by atoms with Crippen LogP contribution in [-0.2, 0) is 4.79 Å². The van der Waals surface area contributed by atoms with Gasteiger partial charge in [-0.2, -0.15) is 13.2 Å². The van der Waals surface area contributed by atoms with Crippen LogP contribution in [0.4, 0.5) is 18.9 Å². The van der Waals surface area contributed by atoms with Crippen LogP contribution >= 0.6 is 0 Å². The molecule has 1 aromatic carbocycles. The molecule has 0 heterocycles. The summed E-state index contributed by atoms with van der Waals surface area (Å²) in [4.78, 5) is 22.2. The zero-order valence-corrected chi connectivity index (χ0v) is 10.5. The molecule has 0 saturated carbocycles. The van der Waals surface area contributed by atoms with Crippen LogP contribution in [-0.4, -0.2) is 30.3 Å². The molecule has 2 N–H and O–H groups in total. The van der Waals surface area contributed by atoms with Crippen molar-refractivity contribution in [3.05, 3.63) is 23.8 Å². The Bertz CT molecular complexity index is 514. The highest BCUT2D eigenvalue weighted by Gasteiger charge is 2.28. The largest absolute Gasteiger partial charge is 0.495 e. The Labute approximate surface area is 112 Å². The molecule has 0 saturated heterocycles. The molecule has 0 aliphatic heterocycles. The minimum Gasteiger partial charge on any atom is -0.495 e. The third kappa shape index (κ3) is 4.79. The Balaban J connectivity index is 2.82. The molecular weight excluding hydrogens is 279 g/mol. The second-order valence-corrected chi connectivity index (χ2v) is 3.88. The van der Waals surface area contributed by atoms with Crippen molar-refractivity contribution in [1.29, 1.82) is 0 Å². The van der Waals surface area contributed by atoms with Crippen molar-refractivity contribution >= 4 is 17.6 Å². The van der Waals surface area contributed by atoms with Crippen molar-refractivity contribution in [2.24, 2.45) is 0 Å². The zero-order valence-electron chi connectivity index (χ0n) is 10.5. The van der Waals surface area contributed by atoms with E-state index in [0.29, 0.717) is 0 Å². The molecule has 1 rings (SSSR count). The van der Waals surface area contributed by atoms with E-state index >= 15 is 0 Å². The summed E-state index contributed by atoms with van der Waals surface area (Å²) >= 11 is 0. The van der Waals surface area contributed by atoms with Crippen LogP contribution in [0.5, 0.6) is 5.75 Å². The lowest BCUT2D eigenvalue weighted by Crippen LogP contribution is -2.17. The van der Waals surface area contributed by atoms with Gasteiger partial charge < -0.3 is 15.2 Å². The number of alkyl halides is 3. The van der Waals surface area contributed by atoms with Crippen LogP contribution in [0.1, 0.15) is 23.2 Å². The SMILES string of the molecule is COc1ccc(C(=O)O)cc1NC(=O)CCC(F)(F)F. The van der Waals surface area contributed by atoms with Crippen LogP contribution < -0.4 is 10.1 Å². The van der Waals surface area contributed by atoms with Crippen molar-refractivity contribution in [2.75, 3.05) is 12.4 Å². The molecule has 110 valence electrons. The highest BCUT2D eigenvalue weighted by molar-refractivity contribution is 5.95. The van der Waals surface area contributed by atoms with E-state index in [-0.39, 0.29) is 17.0 Å². The summed E-state index contributed by atoms with van der Waals surface area (Å²) in [6.07, 6.45) is -6.42. The number of methoxy groups -OCH3 is 1. The van der Waals surface area contributed by atoms with E-state index in [2.05, 4.69) is 5.32 Å². The maximum Gasteiger partial charge on any atom is 0.389 e. The standard InChI is InChI=1S/C12H12F3NO4/c1-20-9-3-2-7(11(18)19)6-8(9)16-10(17)4-5-12(13,14)15/h2-3,6H,4-5H2,1H3,(H,16,17)(H,18,19). The third-order valence-corrected chi connectivity index (χ3v) is 2.36. The summed E-state index contributed by atoms with van der Waals surface area (Å²) in [5.41, 5.74) is -0.100. The molecule has 20 heavy (non-hydrogen) atoms. The lowest BCUT2D eigenvalue weighted by atomic mass is 10.1. The number of carbonyl (C=O) groups excluding carboxylic acids is 1. The van der Waals surface area contributed by atoms with Crippen LogP contribution in [0, 0.1) is 0 Å². The smallest absolute Gasteiger partial charge is 0.389 e. The van der Waals surface area contributed by atoms with Crippen LogP contribution in [0.2, 0.25) is 0 Å². The van der Waals surface area contributed by atoms with Crippen molar-refractivity contribution < 1.29 is 32.6 Å². The second-order valence-electron chi connectivity index (χ2n) is 3.88. The maximum absolute atomic E-state index is 12.0. The molecule has 0 fully saturated rings. The predicted octanol–water partition coefficient (Wildman–Crippen LogP) is 2.67. The summed E-state index contributed by atoms with van der Waals surface area (Å²) in [5.74, 6) is -1.93. The number of nitrogens with one attached hydrogen (secondary N) is 1. The number of benzene rings is 1. The lowest BCUT2D eigenvalue weighted by Gasteiger charge is -2.11. The van der Waals surface area contributed by atoms with Crippen molar-refractivity contribution in [3.63, 3.8) is 0 Å². The highest BCUT2D eigenvalue weighted by Crippen LogP contribution is 2.27. The van der Waals surface area contributed by atoms with Gasteiger partial charge in [-0.15, -0.1) is 0 Å².